The minimum Gasteiger partial charge on any atom is -0.477 e. The smallest absolute Gasteiger partial charge is 0.343 e. The highest BCUT2D eigenvalue weighted by Crippen LogP contribution is 2.51. The summed E-state index contributed by atoms with van der Waals surface area (Å²) in [4.78, 5) is 27.1. The van der Waals surface area contributed by atoms with Crippen LogP contribution in [0.15, 0.2) is 59.1 Å². The van der Waals surface area contributed by atoms with E-state index >= 15 is 0 Å². The van der Waals surface area contributed by atoms with Crippen molar-refractivity contribution >= 4 is 46.8 Å². The number of hydrogen-bond donors (Lipinski definition) is 1. The van der Waals surface area contributed by atoms with Crippen molar-refractivity contribution < 1.29 is 14.7 Å². The van der Waals surface area contributed by atoms with Gasteiger partial charge in [0.25, 0.3) is 5.91 Å². The molecule has 1 atom stereocenters. The summed E-state index contributed by atoms with van der Waals surface area (Å²) in [6, 6.07) is 14.5. The zero-order chi connectivity index (χ0) is 19.8. The molecule has 0 saturated heterocycles. The quantitative estimate of drug-likeness (QED) is 0.649. The summed E-state index contributed by atoms with van der Waals surface area (Å²) in [5.74, 6) is -1.27. The first-order valence-corrected chi connectivity index (χ1v) is 10.6. The van der Waals surface area contributed by atoms with Crippen molar-refractivity contribution in [3.8, 4) is 0 Å². The van der Waals surface area contributed by atoms with Crippen LogP contribution in [0, 0.1) is 0 Å². The Bertz CT molecular complexity index is 973. The van der Waals surface area contributed by atoms with Gasteiger partial charge in [-0.3, -0.25) is 4.79 Å². The van der Waals surface area contributed by atoms with Crippen molar-refractivity contribution in [2.45, 2.75) is 30.6 Å². The van der Waals surface area contributed by atoms with Gasteiger partial charge in [-0.25, -0.2) is 4.79 Å². The van der Waals surface area contributed by atoms with Gasteiger partial charge in [0.2, 0.25) is 0 Å². The van der Waals surface area contributed by atoms with Gasteiger partial charge in [0.15, 0.2) is 0 Å². The normalized spacial score (nSPS) is 19.0. The van der Waals surface area contributed by atoms with E-state index in [0.717, 1.165) is 18.4 Å². The van der Waals surface area contributed by atoms with Gasteiger partial charge in [-0.2, -0.15) is 0 Å². The lowest BCUT2D eigenvalue weighted by atomic mass is 10.1. The Balaban J connectivity index is 1.70. The molecule has 1 amide bonds. The molecule has 1 unspecified atom stereocenters. The van der Waals surface area contributed by atoms with Crippen LogP contribution in [0.2, 0.25) is 10.0 Å². The van der Waals surface area contributed by atoms with Gasteiger partial charge >= 0.3 is 5.97 Å². The number of carboxylic acids is 1. The topological polar surface area (TPSA) is 57.6 Å². The molecule has 1 fully saturated rings. The molecule has 4 rings (SSSR count). The van der Waals surface area contributed by atoms with E-state index in [1.165, 1.54) is 17.8 Å². The molecule has 1 N–H and O–H groups in total. The Morgan fingerprint density at radius 1 is 1.07 bits per heavy atom. The standard InChI is InChI=1S/C21H17Cl2NO3S/c22-13-6-9-15(16(23)10-13)20(25)24(14-7-8-14)17-11-18(28-19(17)21(26)27)12-4-2-1-3-5-12/h1-6,9-10,14,18H,7-8,11H2,(H,26,27). The predicted molar refractivity (Wildman–Crippen MR) is 112 cm³/mol. The van der Waals surface area contributed by atoms with Crippen molar-refractivity contribution in [2.75, 3.05) is 0 Å². The summed E-state index contributed by atoms with van der Waals surface area (Å²) < 4.78 is 0. The van der Waals surface area contributed by atoms with Crippen LogP contribution in [0.3, 0.4) is 0 Å². The maximum absolute atomic E-state index is 13.3. The highest BCUT2D eigenvalue weighted by atomic mass is 35.5. The second-order valence-electron chi connectivity index (χ2n) is 6.83. The molecule has 2 aromatic rings. The maximum Gasteiger partial charge on any atom is 0.343 e. The fraction of sp³-hybridized carbons (Fsp3) is 0.238. The van der Waals surface area contributed by atoms with E-state index in [1.807, 2.05) is 30.3 Å². The van der Waals surface area contributed by atoms with Crippen LogP contribution in [0.4, 0.5) is 0 Å². The molecular weight excluding hydrogens is 417 g/mol. The van der Waals surface area contributed by atoms with Gasteiger partial charge in [0, 0.05) is 28.4 Å². The summed E-state index contributed by atoms with van der Waals surface area (Å²) in [6.45, 7) is 0. The molecule has 7 heteroatoms. The summed E-state index contributed by atoms with van der Waals surface area (Å²) in [7, 11) is 0. The van der Waals surface area contributed by atoms with E-state index in [-0.39, 0.29) is 27.1 Å². The predicted octanol–water partition coefficient (Wildman–Crippen LogP) is 5.77. The van der Waals surface area contributed by atoms with Crippen LogP contribution in [0.25, 0.3) is 0 Å². The van der Waals surface area contributed by atoms with Crippen molar-refractivity contribution in [3.63, 3.8) is 0 Å². The molecule has 144 valence electrons. The van der Waals surface area contributed by atoms with Crippen LogP contribution in [-0.2, 0) is 4.79 Å². The molecule has 1 saturated carbocycles. The lowest BCUT2D eigenvalue weighted by molar-refractivity contribution is -0.131. The molecular formula is C21H17Cl2NO3S. The summed E-state index contributed by atoms with van der Waals surface area (Å²) >= 11 is 13.5. The third-order valence-electron chi connectivity index (χ3n) is 4.85. The summed E-state index contributed by atoms with van der Waals surface area (Å²) in [5, 5.41) is 10.5. The highest BCUT2D eigenvalue weighted by molar-refractivity contribution is 8.04. The van der Waals surface area contributed by atoms with E-state index in [2.05, 4.69) is 0 Å². The average Bonchev–Trinajstić information content (AvgIpc) is 3.40. The Morgan fingerprint density at radius 2 is 1.79 bits per heavy atom. The lowest BCUT2D eigenvalue weighted by Crippen LogP contribution is -2.33. The zero-order valence-electron chi connectivity index (χ0n) is 14.8. The fourth-order valence-electron chi connectivity index (χ4n) is 3.39. The number of aliphatic carboxylic acids is 1. The number of halogens is 2. The van der Waals surface area contributed by atoms with E-state index in [0.29, 0.717) is 22.7 Å². The monoisotopic (exact) mass is 433 g/mol. The Labute approximate surface area is 177 Å². The molecule has 1 heterocycles. The number of allylic oxidation sites excluding steroid dienone is 1. The average molecular weight is 434 g/mol. The molecule has 1 aliphatic heterocycles. The summed E-state index contributed by atoms with van der Waals surface area (Å²) in [5.41, 5.74) is 1.96. The van der Waals surface area contributed by atoms with Gasteiger partial charge in [-0.05, 0) is 36.6 Å². The van der Waals surface area contributed by atoms with E-state index in [9.17, 15) is 14.7 Å². The van der Waals surface area contributed by atoms with Crippen molar-refractivity contribution in [1.82, 2.24) is 4.90 Å². The third-order valence-corrected chi connectivity index (χ3v) is 6.77. The first kappa shape index (κ1) is 19.4. The SMILES string of the molecule is O=C(O)C1=C(N(C(=O)c2ccc(Cl)cc2Cl)C2CC2)CC(c2ccccc2)S1. The Kier molecular flexibility index (Phi) is 5.41. The summed E-state index contributed by atoms with van der Waals surface area (Å²) in [6.07, 6.45) is 2.20. The van der Waals surface area contributed by atoms with Gasteiger partial charge in [-0.1, -0.05) is 53.5 Å². The van der Waals surface area contributed by atoms with Gasteiger partial charge in [0.1, 0.15) is 4.91 Å². The van der Waals surface area contributed by atoms with Crippen LogP contribution < -0.4 is 0 Å². The second kappa shape index (κ2) is 7.82. The molecule has 0 radical (unpaired) electrons. The molecule has 0 aromatic heterocycles. The number of hydrogen-bond acceptors (Lipinski definition) is 3. The number of amides is 1. The molecule has 0 bridgehead atoms. The van der Waals surface area contributed by atoms with Crippen LogP contribution >= 0.6 is 35.0 Å². The lowest BCUT2D eigenvalue weighted by Gasteiger charge is -2.25. The van der Waals surface area contributed by atoms with Crippen molar-refractivity contribution in [1.29, 1.82) is 0 Å². The Hall–Kier alpha value is -1.95. The minimum atomic E-state index is -1.00. The zero-order valence-corrected chi connectivity index (χ0v) is 17.1. The highest BCUT2D eigenvalue weighted by Gasteiger charge is 2.42. The van der Waals surface area contributed by atoms with Gasteiger partial charge in [0.05, 0.1) is 10.6 Å². The third kappa shape index (κ3) is 3.79. The maximum atomic E-state index is 13.3. The molecule has 28 heavy (non-hydrogen) atoms. The molecule has 0 spiro atoms. The molecule has 4 nitrogen and oxygen atoms in total. The van der Waals surface area contributed by atoms with Crippen LogP contribution in [-0.4, -0.2) is 27.9 Å². The minimum absolute atomic E-state index is 0.0127. The Morgan fingerprint density at radius 3 is 2.39 bits per heavy atom. The fourth-order valence-corrected chi connectivity index (χ4v) is 5.12. The van der Waals surface area contributed by atoms with Crippen molar-refractivity contribution in [2.24, 2.45) is 0 Å². The number of carbonyl (C=O) groups is 2. The largest absolute Gasteiger partial charge is 0.477 e. The van der Waals surface area contributed by atoms with Crippen molar-refractivity contribution in [3.05, 3.63) is 80.3 Å². The van der Waals surface area contributed by atoms with E-state index < -0.39 is 5.97 Å². The van der Waals surface area contributed by atoms with Gasteiger partial charge < -0.3 is 10.0 Å². The number of nitrogens with zero attached hydrogens (tertiary/aromatic N) is 1. The van der Waals surface area contributed by atoms with Crippen LogP contribution in [0.5, 0.6) is 0 Å². The van der Waals surface area contributed by atoms with E-state index in [4.69, 9.17) is 23.2 Å². The second-order valence-corrected chi connectivity index (χ2v) is 8.89. The van der Waals surface area contributed by atoms with Gasteiger partial charge in [-0.15, -0.1) is 11.8 Å². The number of carbonyl (C=O) groups excluding carboxylic acids is 1. The molecule has 2 aromatic carbocycles. The number of benzene rings is 2. The molecule has 2 aliphatic rings. The first-order valence-electron chi connectivity index (χ1n) is 8.92. The number of rotatable bonds is 5. The van der Waals surface area contributed by atoms with E-state index in [1.54, 1.807) is 17.0 Å². The van der Waals surface area contributed by atoms with Crippen LogP contribution in [0.1, 0.15) is 40.4 Å². The molecule has 1 aliphatic carbocycles. The number of thioether (sulfide) groups is 1. The number of carboxylic acid groups (broad SMARTS) is 1. The first-order chi connectivity index (χ1) is 13.5.